The Bertz CT molecular complexity index is 1510. The number of ether oxygens (including phenoxy) is 3. The van der Waals surface area contributed by atoms with E-state index in [2.05, 4.69) is 46.5 Å². The van der Waals surface area contributed by atoms with Crippen LogP contribution in [0.2, 0.25) is 16.6 Å². The number of aromatic nitrogens is 1. The summed E-state index contributed by atoms with van der Waals surface area (Å²) in [6, 6.07) is 16.4. The van der Waals surface area contributed by atoms with Gasteiger partial charge < -0.3 is 18.6 Å². The molecule has 0 saturated carbocycles. The molecule has 0 saturated heterocycles. The zero-order chi connectivity index (χ0) is 34.8. The highest BCUT2D eigenvalue weighted by Crippen LogP contribution is 2.42. The Morgan fingerprint density at radius 3 is 2.09 bits per heavy atom. The zero-order valence-electron chi connectivity index (χ0n) is 29.6. The lowest BCUT2D eigenvalue weighted by molar-refractivity contribution is 0.0439. The minimum absolute atomic E-state index is 0.0505. The summed E-state index contributed by atoms with van der Waals surface area (Å²) in [5, 5.41) is 0. The molecule has 3 aromatic rings. The second kappa shape index (κ2) is 17.6. The van der Waals surface area contributed by atoms with Gasteiger partial charge in [-0.1, -0.05) is 59.7 Å². The minimum Gasteiger partial charge on any atom is -0.489 e. The van der Waals surface area contributed by atoms with Crippen molar-refractivity contribution < 1.29 is 31.4 Å². The molecule has 10 heteroatoms. The Balaban J connectivity index is 1.63. The van der Waals surface area contributed by atoms with Crippen molar-refractivity contribution in [1.29, 1.82) is 0 Å². The van der Waals surface area contributed by atoms with Crippen LogP contribution in [0, 0.1) is 12.7 Å². The van der Waals surface area contributed by atoms with Gasteiger partial charge in [0.1, 0.15) is 28.0 Å². The summed E-state index contributed by atoms with van der Waals surface area (Å²) in [6.07, 6.45) is 2.30. The molecule has 0 aliphatic heterocycles. The summed E-state index contributed by atoms with van der Waals surface area (Å²) in [6.45, 7) is 19.4. The van der Waals surface area contributed by atoms with Crippen LogP contribution in [0.15, 0.2) is 54.6 Å². The van der Waals surface area contributed by atoms with Crippen LogP contribution in [0.3, 0.4) is 0 Å². The molecule has 0 radical (unpaired) electrons. The SMILES string of the molecule is CCO[C@@H](CCO[Si](C(C)C)(C(C)C)C(C)C)c1ccc(OCc2ccc(F)c(-c3ccc(OCCCS(C)(=O)=O)nc3C)c2)cc1. The number of rotatable bonds is 19. The first kappa shape index (κ1) is 38.7. The molecular weight excluding hydrogens is 634 g/mol. The van der Waals surface area contributed by atoms with Crippen LogP contribution in [-0.4, -0.2) is 53.5 Å². The number of hydrogen-bond donors (Lipinski definition) is 0. The average molecular weight is 688 g/mol. The maximum Gasteiger partial charge on any atom is 0.213 e. The van der Waals surface area contributed by atoms with Crippen molar-refractivity contribution in [3.8, 4) is 22.8 Å². The van der Waals surface area contributed by atoms with E-state index in [1.807, 2.05) is 31.2 Å². The van der Waals surface area contributed by atoms with Crippen molar-refractivity contribution in [1.82, 2.24) is 4.98 Å². The van der Waals surface area contributed by atoms with E-state index in [1.54, 1.807) is 31.2 Å². The standard InChI is InChI=1S/C37H54FNO6SSi/c1-10-42-36(20-22-45-47(26(2)3,27(4)5)28(6)7)31-13-15-32(16-14-31)44-25-30-12-18-35(38)34(24-30)33-17-19-37(39-29(33)8)43-21-11-23-46(9,40)41/h12-19,24,26-28,36H,10-11,20-23,25H2,1-9H3/t36-/m0/s1. The average Bonchev–Trinajstić information content (AvgIpc) is 3.00. The predicted octanol–water partition coefficient (Wildman–Crippen LogP) is 9.25. The summed E-state index contributed by atoms with van der Waals surface area (Å²) < 4.78 is 62.2. The third-order valence-electron chi connectivity index (χ3n) is 8.76. The zero-order valence-corrected chi connectivity index (χ0v) is 31.5. The molecule has 0 bridgehead atoms. The lowest BCUT2D eigenvalue weighted by atomic mass is 10.0. The van der Waals surface area contributed by atoms with Gasteiger partial charge in [0.25, 0.3) is 0 Å². The Morgan fingerprint density at radius 1 is 0.851 bits per heavy atom. The van der Waals surface area contributed by atoms with E-state index < -0.39 is 18.2 Å². The molecule has 7 nitrogen and oxygen atoms in total. The first-order chi connectivity index (χ1) is 22.2. The van der Waals surface area contributed by atoms with E-state index in [9.17, 15) is 12.8 Å². The molecule has 0 aliphatic carbocycles. The van der Waals surface area contributed by atoms with Gasteiger partial charge in [0.15, 0.2) is 8.32 Å². The Hall–Kier alpha value is -2.79. The van der Waals surface area contributed by atoms with E-state index >= 15 is 0 Å². The second-order valence-electron chi connectivity index (χ2n) is 13.2. The topological polar surface area (TPSA) is 84.0 Å². The summed E-state index contributed by atoms with van der Waals surface area (Å²) in [4.78, 5) is 4.45. The van der Waals surface area contributed by atoms with Gasteiger partial charge in [0, 0.05) is 42.4 Å². The van der Waals surface area contributed by atoms with Gasteiger partial charge in [0.2, 0.25) is 5.88 Å². The fourth-order valence-electron chi connectivity index (χ4n) is 6.61. The highest BCUT2D eigenvalue weighted by atomic mass is 32.2. The highest BCUT2D eigenvalue weighted by molar-refractivity contribution is 7.90. The minimum atomic E-state index is -3.04. The summed E-state index contributed by atoms with van der Waals surface area (Å²) >= 11 is 0. The Morgan fingerprint density at radius 2 is 1.51 bits per heavy atom. The summed E-state index contributed by atoms with van der Waals surface area (Å²) in [5.74, 6) is 0.784. The molecule has 0 spiro atoms. The summed E-state index contributed by atoms with van der Waals surface area (Å²) in [5.41, 5.74) is 5.21. The van der Waals surface area contributed by atoms with Gasteiger partial charge in [-0.3, -0.25) is 0 Å². The molecule has 1 heterocycles. The number of aryl methyl sites for hydroxylation is 1. The van der Waals surface area contributed by atoms with Crippen molar-refractivity contribution in [2.45, 2.75) is 97.6 Å². The molecule has 47 heavy (non-hydrogen) atoms. The molecular formula is C37H54FNO6SSi. The van der Waals surface area contributed by atoms with Gasteiger partial charge in [-0.2, -0.15) is 0 Å². The first-order valence-corrected chi connectivity index (χ1v) is 20.9. The second-order valence-corrected chi connectivity index (χ2v) is 20.9. The van der Waals surface area contributed by atoms with Crippen LogP contribution in [0.5, 0.6) is 11.6 Å². The molecule has 1 aromatic heterocycles. The van der Waals surface area contributed by atoms with Gasteiger partial charge >= 0.3 is 0 Å². The molecule has 0 unspecified atom stereocenters. The van der Waals surface area contributed by atoms with E-state index in [0.717, 1.165) is 17.5 Å². The number of benzene rings is 2. The monoisotopic (exact) mass is 687 g/mol. The molecule has 260 valence electrons. The first-order valence-electron chi connectivity index (χ1n) is 16.7. The molecule has 2 aromatic carbocycles. The highest BCUT2D eigenvalue weighted by Gasteiger charge is 2.45. The Kier molecular flexibility index (Phi) is 14.4. The molecule has 0 N–H and O–H groups in total. The number of sulfone groups is 1. The van der Waals surface area contributed by atoms with Gasteiger partial charge in [-0.05, 0) is 84.8 Å². The van der Waals surface area contributed by atoms with Crippen LogP contribution in [0.1, 0.15) is 84.2 Å². The van der Waals surface area contributed by atoms with Gasteiger partial charge in [0.05, 0.1) is 18.5 Å². The van der Waals surface area contributed by atoms with E-state index in [0.29, 0.717) is 64.7 Å². The maximum absolute atomic E-state index is 14.9. The third-order valence-corrected chi connectivity index (χ3v) is 15.9. The van der Waals surface area contributed by atoms with E-state index in [4.69, 9.17) is 18.6 Å². The van der Waals surface area contributed by atoms with Crippen LogP contribution < -0.4 is 9.47 Å². The lowest BCUT2D eigenvalue weighted by Crippen LogP contribution is -2.48. The van der Waals surface area contributed by atoms with Crippen molar-refractivity contribution >= 4 is 18.2 Å². The Labute approximate surface area is 283 Å². The van der Waals surface area contributed by atoms with Crippen molar-refractivity contribution in [2.24, 2.45) is 0 Å². The molecule has 0 aliphatic rings. The smallest absolute Gasteiger partial charge is 0.213 e. The number of pyridine rings is 1. The van der Waals surface area contributed by atoms with Crippen LogP contribution >= 0.6 is 0 Å². The maximum atomic E-state index is 14.9. The molecule has 3 rings (SSSR count). The fraction of sp³-hybridized carbons (Fsp3) is 0.541. The number of hydrogen-bond acceptors (Lipinski definition) is 7. The lowest BCUT2D eigenvalue weighted by Gasteiger charge is -2.42. The van der Waals surface area contributed by atoms with Crippen LogP contribution in [-0.2, 0) is 25.6 Å². The quantitative estimate of drug-likeness (QED) is 0.0918. The molecule has 1 atom stereocenters. The van der Waals surface area contributed by atoms with E-state index in [1.165, 1.54) is 12.3 Å². The van der Waals surface area contributed by atoms with E-state index in [-0.39, 0.29) is 30.9 Å². The third kappa shape index (κ3) is 10.9. The molecule has 0 fully saturated rings. The van der Waals surface area contributed by atoms with Crippen molar-refractivity contribution in [3.05, 3.63) is 77.2 Å². The van der Waals surface area contributed by atoms with Crippen LogP contribution in [0.4, 0.5) is 4.39 Å². The number of nitrogens with zero attached hydrogens (tertiary/aromatic N) is 1. The van der Waals surface area contributed by atoms with Gasteiger partial charge in [-0.25, -0.2) is 17.8 Å². The van der Waals surface area contributed by atoms with Crippen LogP contribution in [0.25, 0.3) is 11.1 Å². The number of halogens is 1. The predicted molar refractivity (Wildman–Crippen MR) is 191 cm³/mol. The van der Waals surface area contributed by atoms with Crippen molar-refractivity contribution in [2.75, 3.05) is 31.8 Å². The largest absolute Gasteiger partial charge is 0.489 e. The fourth-order valence-corrected chi connectivity index (χ4v) is 12.7. The van der Waals surface area contributed by atoms with Crippen molar-refractivity contribution in [3.63, 3.8) is 0 Å². The van der Waals surface area contributed by atoms with Gasteiger partial charge in [-0.15, -0.1) is 0 Å². The molecule has 0 amide bonds. The summed E-state index contributed by atoms with van der Waals surface area (Å²) in [7, 11) is -4.99. The normalized spacial score (nSPS) is 13.0.